The quantitative estimate of drug-likeness (QED) is 0.399. The maximum atomic E-state index is 13.6. The van der Waals surface area contributed by atoms with E-state index in [1.54, 1.807) is 26.0 Å². The zero-order valence-electron chi connectivity index (χ0n) is 17.2. The van der Waals surface area contributed by atoms with Crippen molar-refractivity contribution in [1.82, 2.24) is 4.90 Å². The molecule has 0 radical (unpaired) electrons. The van der Waals surface area contributed by atoms with Crippen LogP contribution in [-0.4, -0.2) is 47.9 Å². The summed E-state index contributed by atoms with van der Waals surface area (Å²) in [5, 5.41) is 13.2. The Kier molecular flexibility index (Phi) is 7.15. The van der Waals surface area contributed by atoms with E-state index in [0.29, 0.717) is 41.1 Å². The molecule has 0 spiro atoms. The Morgan fingerprint density at radius 2 is 1.73 bits per heavy atom. The van der Waals surface area contributed by atoms with Crippen LogP contribution in [0.5, 0.6) is 0 Å². The van der Waals surface area contributed by atoms with Crippen molar-refractivity contribution in [2.45, 2.75) is 26.7 Å². The monoisotopic (exact) mass is 416 g/mol. The zero-order chi connectivity index (χ0) is 21.7. The summed E-state index contributed by atoms with van der Waals surface area (Å²) in [4.78, 5) is 18.6. The number of hydrogen-bond donors (Lipinski definition) is 1. The molecule has 1 heterocycles. The van der Waals surface area contributed by atoms with E-state index in [-0.39, 0.29) is 24.0 Å². The van der Waals surface area contributed by atoms with Crippen molar-refractivity contribution in [2.24, 2.45) is 11.1 Å². The third-order valence-electron chi connectivity index (χ3n) is 5.38. The van der Waals surface area contributed by atoms with Gasteiger partial charge >= 0.3 is 5.97 Å². The molecule has 2 aromatic carbocycles. The number of benzene rings is 2. The Hall–Kier alpha value is -2.80. The normalized spacial score (nSPS) is 16.5. The minimum atomic E-state index is -0.767. The van der Waals surface area contributed by atoms with Gasteiger partial charge in [-0.1, -0.05) is 5.16 Å². The fraction of sp³-hybridized carbons (Fsp3) is 0.391. The highest BCUT2D eigenvalue weighted by molar-refractivity contribution is 6.14. The van der Waals surface area contributed by atoms with Crippen LogP contribution >= 0.6 is 0 Å². The van der Waals surface area contributed by atoms with Crippen molar-refractivity contribution in [3.63, 3.8) is 0 Å². The third kappa shape index (κ3) is 5.63. The van der Waals surface area contributed by atoms with Gasteiger partial charge in [-0.2, -0.15) is 0 Å². The molecule has 0 bridgehead atoms. The Balaban J connectivity index is 1.72. The van der Waals surface area contributed by atoms with E-state index in [0.717, 1.165) is 19.5 Å². The summed E-state index contributed by atoms with van der Waals surface area (Å²) in [6, 6.07) is 8.87. The van der Waals surface area contributed by atoms with Gasteiger partial charge in [-0.25, -0.2) is 8.78 Å². The second kappa shape index (κ2) is 9.80. The molecule has 5 nitrogen and oxygen atoms in total. The Bertz CT molecular complexity index is 893. The number of aryl methyl sites for hydroxylation is 2. The third-order valence-corrected chi connectivity index (χ3v) is 5.38. The van der Waals surface area contributed by atoms with Gasteiger partial charge in [0.1, 0.15) is 24.0 Å². The zero-order valence-corrected chi connectivity index (χ0v) is 17.2. The number of oxime groups is 1. The van der Waals surface area contributed by atoms with E-state index in [2.05, 4.69) is 10.1 Å². The molecule has 0 aromatic heterocycles. The number of carbonyl (C=O) groups is 1. The summed E-state index contributed by atoms with van der Waals surface area (Å²) in [7, 11) is 0. The van der Waals surface area contributed by atoms with Crippen LogP contribution in [-0.2, 0) is 9.63 Å². The van der Waals surface area contributed by atoms with E-state index >= 15 is 0 Å². The SMILES string of the molecule is Cc1cc(F)ccc1C(=NOCCN1CC[C@H](CC(=O)O)C1)c1ccc(F)cc1C. The molecule has 0 saturated carbocycles. The van der Waals surface area contributed by atoms with Crippen LogP contribution in [0.25, 0.3) is 0 Å². The highest BCUT2D eigenvalue weighted by Crippen LogP contribution is 2.21. The topological polar surface area (TPSA) is 62.1 Å². The lowest BCUT2D eigenvalue weighted by atomic mass is 9.95. The summed E-state index contributed by atoms with van der Waals surface area (Å²) >= 11 is 0. The summed E-state index contributed by atoms with van der Waals surface area (Å²) in [5.74, 6) is -1.27. The number of likely N-dealkylation sites (tertiary alicyclic amines) is 1. The largest absolute Gasteiger partial charge is 0.481 e. The molecule has 3 rings (SSSR count). The lowest BCUT2D eigenvalue weighted by Gasteiger charge is -2.16. The predicted molar refractivity (Wildman–Crippen MR) is 111 cm³/mol. The van der Waals surface area contributed by atoms with E-state index < -0.39 is 5.97 Å². The minimum absolute atomic E-state index is 0.172. The van der Waals surface area contributed by atoms with Gasteiger partial charge in [0.15, 0.2) is 0 Å². The molecular weight excluding hydrogens is 390 g/mol. The van der Waals surface area contributed by atoms with Gasteiger partial charge in [-0.05, 0) is 80.3 Å². The van der Waals surface area contributed by atoms with Gasteiger partial charge < -0.3 is 9.94 Å². The van der Waals surface area contributed by atoms with Crippen LogP contribution < -0.4 is 0 Å². The van der Waals surface area contributed by atoms with Crippen molar-refractivity contribution in [3.8, 4) is 0 Å². The number of hydrogen-bond acceptors (Lipinski definition) is 4. The highest BCUT2D eigenvalue weighted by Gasteiger charge is 2.24. The average Bonchev–Trinajstić information content (AvgIpc) is 3.10. The number of halogens is 2. The number of carboxylic acid groups (broad SMARTS) is 1. The molecule has 30 heavy (non-hydrogen) atoms. The lowest BCUT2D eigenvalue weighted by molar-refractivity contribution is -0.138. The summed E-state index contributed by atoms with van der Waals surface area (Å²) in [6.07, 6.45) is 1.05. The molecule has 2 aromatic rings. The van der Waals surface area contributed by atoms with Crippen molar-refractivity contribution < 1.29 is 23.5 Å². The fourth-order valence-electron chi connectivity index (χ4n) is 3.84. The maximum Gasteiger partial charge on any atom is 0.303 e. The molecule has 1 aliphatic rings. The number of aliphatic carboxylic acids is 1. The predicted octanol–water partition coefficient (Wildman–Crippen LogP) is 4.15. The van der Waals surface area contributed by atoms with E-state index in [4.69, 9.17) is 9.94 Å². The standard InChI is InChI=1S/C23H26F2N2O3/c1-15-11-18(24)3-5-20(15)23(21-6-4-19(25)12-16(21)2)26-30-10-9-27-8-7-17(14-27)13-22(28)29/h3-6,11-12,17H,7-10,13-14H2,1-2H3,(H,28,29)/t17-/m1/s1. The van der Waals surface area contributed by atoms with Gasteiger partial charge in [0.25, 0.3) is 0 Å². The second-order valence-corrected chi connectivity index (χ2v) is 7.74. The van der Waals surface area contributed by atoms with Crippen molar-refractivity contribution >= 4 is 11.7 Å². The van der Waals surface area contributed by atoms with Gasteiger partial charge in [0.05, 0.1) is 0 Å². The summed E-state index contributed by atoms with van der Waals surface area (Å²) in [6.45, 7) is 6.13. The number of rotatable bonds is 8. The van der Waals surface area contributed by atoms with Crippen LogP contribution in [0.15, 0.2) is 41.6 Å². The van der Waals surface area contributed by atoms with Gasteiger partial charge in [0, 0.05) is 30.6 Å². The van der Waals surface area contributed by atoms with Crippen molar-refractivity contribution in [2.75, 3.05) is 26.2 Å². The molecule has 0 amide bonds. The molecule has 1 N–H and O–H groups in total. The van der Waals surface area contributed by atoms with Crippen molar-refractivity contribution in [1.29, 1.82) is 0 Å². The van der Waals surface area contributed by atoms with Crippen LogP contribution in [0.3, 0.4) is 0 Å². The molecular formula is C23H26F2N2O3. The van der Waals surface area contributed by atoms with Crippen LogP contribution in [0.1, 0.15) is 35.1 Å². The number of nitrogens with zero attached hydrogens (tertiary/aromatic N) is 2. The lowest BCUT2D eigenvalue weighted by Crippen LogP contribution is -2.25. The Morgan fingerprint density at radius 1 is 1.13 bits per heavy atom. The van der Waals surface area contributed by atoms with Crippen LogP contribution in [0, 0.1) is 31.4 Å². The first-order valence-electron chi connectivity index (χ1n) is 10.0. The van der Waals surface area contributed by atoms with Gasteiger partial charge in [-0.15, -0.1) is 0 Å². The smallest absolute Gasteiger partial charge is 0.303 e. The van der Waals surface area contributed by atoms with E-state index in [1.807, 2.05) is 0 Å². The summed E-state index contributed by atoms with van der Waals surface area (Å²) < 4.78 is 27.1. The number of carboxylic acids is 1. The fourth-order valence-corrected chi connectivity index (χ4v) is 3.84. The highest BCUT2D eigenvalue weighted by atomic mass is 19.1. The van der Waals surface area contributed by atoms with E-state index in [1.165, 1.54) is 24.3 Å². The molecule has 1 atom stereocenters. The molecule has 0 unspecified atom stereocenters. The Labute approximate surface area is 175 Å². The van der Waals surface area contributed by atoms with Gasteiger partial charge in [0.2, 0.25) is 0 Å². The average molecular weight is 416 g/mol. The first kappa shape index (κ1) is 21.9. The van der Waals surface area contributed by atoms with Crippen molar-refractivity contribution in [3.05, 3.63) is 70.3 Å². The minimum Gasteiger partial charge on any atom is -0.481 e. The first-order chi connectivity index (χ1) is 14.3. The van der Waals surface area contributed by atoms with Gasteiger partial charge in [-0.3, -0.25) is 9.69 Å². The summed E-state index contributed by atoms with van der Waals surface area (Å²) in [5.41, 5.74) is 3.37. The second-order valence-electron chi connectivity index (χ2n) is 7.74. The molecule has 160 valence electrons. The molecule has 7 heteroatoms. The Morgan fingerprint density at radius 3 is 2.27 bits per heavy atom. The molecule has 1 aliphatic heterocycles. The maximum absolute atomic E-state index is 13.6. The molecule has 1 saturated heterocycles. The first-order valence-corrected chi connectivity index (χ1v) is 10.0. The van der Waals surface area contributed by atoms with E-state index in [9.17, 15) is 13.6 Å². The van der Waals surface area contributed by atoms with Crippen LogP contribution in [0.2, 0.25) is 0 Å². The molecule has 1 fully saturated rings. The molecule has 0 aliphatic carbocycles. The van der Waals surface area contributed by atoms with Crippen LogP contribution in [0.4, 0.5) is 8.78 Å².